The topological polar surface area (TPSA) is 27.6 Å². The zero-order chi connectivity index (χ0) is 8.48. The largest absolute Gasteiger partial charge is 0.343 e. The van der Waals surface area contributed by atoms with Crippen molar-refractivity contribution in [2.45, 2.75) is 27.2 Å². The molecule has 3 heteroatoms. The first-order valence-corrected chi connectivity index (χ1v) is 3.99. The summed E-state index contributed by atoms with van der Waals surface area (Å²) < 4.78 is 0. The van der Waals surface area contributed by atoms with Crippen molar-refractivity contribution in [3.63, 3.8) is 0 Å². The molecule has 1 aliphatic rings. The van der Waals surface area contributed by atoms with Crippen molar-refractivity contribution in [3.8, 4) is 0 Å². The van der Waals surface area contributed by atoms with Crippen molar-refractivity contribution >= 4 is 5.84 Å². The third kappa shape index (κ3) is 2.41. The van der Waals surface area contributed by atoms with E-state index in [4.69, 9.17) is 0 Å². The van der Waals surface area contributed by atoms with Crippen LogP contribution < -0.4 is 5.43 Å². The van der Waals surface area contributed by atoms with Crippen molar-refractivity contribution < 1.29 is 0 Å². The Morgan fingerprint density at radius 2 is 2.18 bits per heavy atom. The van der Waals surface area contributed by atoms with Gasteiger partial charge in [0.05, 0.1) is 0 Å². The van der Waals surface area contributed by atoms with Gasteiger partial charge in [-0.05, 0) is 5.41 Å². The molecule has 0 aromatic rings. The maximum atomic E-state index is 4.19. The summed E-state index contributed by atoms with van der Waals surface area (Å²) in [4.78, 5) is 2.14. The Hall–Kier alpha value is -0.730. The molecule has 1 heterocycles. The third-order valence-electron chi connectivity index (χ3n) is 1.65. The van der Waals surface area contributed by atoms with Gasteiger partial charge >= 0.3 is 0 Å². The van der Waals surface area contributed by atoms with Crippen LogP contribution in [0.4, 0.5) is 0 Å². The summed E-state index contributed by atoms with van der Waals surface area (Å²) in [7, 11) is 2.06. The van der Waals surface area contributed by atoms with Crippen LogP contribution >= 0.6 is 0 Å². The van der Waals surface area contributed by atoms with Crippen molar-refractivity contribution in [1.82, 2.24) is 10.3 Å². The molecule has 0 aromatic carbocycles. The Kier molecular flexibility index (Phi) is 2.07. The van der Waals surface area contributed by atoms with Crippen LogP contribution in [0.5, 0.6) is 0 Å². The van der Waals surface area contributed by atoms with Crippen molar-refractivity contribution in [3.05, 3.63) is 0 Å². The first-order valence-electron chi connectivity index (χ1n) is 3.99. The normalized spacial score (nSPS) is 18.2. The summed E-state index contributed by atoms with van der Waals surface area (Å²) in [5.41, 5.74) is 3.29. The minimum atomic E-state index is 0.332. The van der Waals surface area contributed by atoms with Gasteiger partial charge in [-0.25, -0.2) is 0 Å². The molecule has 1 aliphatic heterocycles. The van der Waals surface area contributed by atoms with Crippen LogP contribution in [0, 0.1) is 5.41 Å². The molecule has 3 nitrogen and oxygen atoms in total. The summed E-state index contributed by atoms with van der Waals surface area (Å²) in [5, 5.41) is 4.19. The summed E-state index contributed by atoms with van der Waals surface area (Å²) in [6.45, 7) is 7.52. The van der Waals surface area contributed by atoms with Gasteiger partial charge in [0, 0.05) is 13.5 Å². The van der Waals surface area contributed by atoms with Gasteiger partial charge in [-0.2, -0.15) is 5.10 Å². The Morgan fingerprint density at radius 1 is 1.55 bits per heavy atom. The fourth-order valence-corrected chi connectivity index (χ4v) is 1.06. The molecular formula is C8H17N3. The Balaban J connectivity index is 2.49. The van der Waals surface area contributed by atoms with Crippen LogP contribution in [-0.4, -0.2) is 24.5 Å². The fraction of sp³-hybridized carbons (Fsp3) is 0.875. The van der Waals surface area contributed by atoms with E-state index in [1.807, 2.05) is 0 Å². The van der Waals surface area contributed by atoms with Gasteiger partial charge in [0.25, 0.3) is 0 Å². The van der Waals surface area contributed by atoms with E-state index < -0.39 is 0 Å². The van der Waals surface area contributed by atoms with E-state index >= 15 is 0 Å². The lowest BCUT2D eigenvalue weighted by molar-refractivity contribution is 0.407. The van der Waals surface area contributed by atoms with Gasteiger partial charge in [0.1, 0.15) is 12.5 Å². The number of nitrogens with zero attached hydrogens (tertiary/aromatic N) is 2. The second kappa shape index (κ2) is 2.72. The van der Waals surface area contributed by atoms with Gasteiger partial charge in [0.2, 0.25) is 0 Å². The third-order valence-corrected chi connectivity index (χ3v) is 1.65. The molecule has 0 aromatic heterocycles. The quantitative estimate of drug-likeness (QED) is 0.616. The van der Waals surface area contributed by atoms with Crippen molar-refractivity contribution in [2.24, 2.45) is 10.5 Å². The maximum absolute atomic E-state index is 4.19. The smallest absolute Gasteiger partial charge is 0.126 e. The van der Waals surface area contributed by atoms with E-state index in [9.17, 15) is 0 Å². The predicted octanol–water partition coefficient (Wildman–Crippen LogP) is 1.23. The molecule has 1 N–H and O–H groups in total. The molecule has 0 atom stereocenters. The molecule has 0 unspecified atom stereocenters. The fourth-order valence-electron chi connectivity index (χ4n) is 1.06. The summed E-state index contributed by atoms with van der Waals surface area (Å²) in [6, 6.07) is 0. The second-order valence-corrected chi connectivity index (χ2v) is 4.28. The standard InChI is InChI=1S/C8H17N3/c1-8(2,3)5-7-10-9-6-11(7)4/h9H,5-6H2,1-4H3. The van der Waals surface area contributed by atoms with Crippen LogP contribution in [0.25, 0.3) is 0 Å². The molecule has 0 bridgehead atoms. The van der Waals surface area contributed by atoms with Gasteiger partial charge in [-0.3, -0.25) is 5.43 Å². The highest BCUT2D eigenvalue weighted by Crippen LogP contribution is 2.20. The lowest BCUT2D eigenvalue weighted by Gasteiger charge is -2.21. The van der Waals surface area contributed by atoms with Crippen LogP contribution in [0.15, 0.2) is 5.10 Å². The predicted molar refractivity (Wildman–Crippen MR) is 47.3 cm³/mol. The average Bonchev–Trinajstić information content (AvgIpc) is 2.12. The highest BCUT2D eigenvalue weighted by molar-refractivity contribution is 5.83. The molecule has 0 radical (unpaired) electrons. The summed E-state index contributed by atoms with van der Waals surface area (Å²) in [6.07, 6.45) is 1.04. The van der Waals surface area contributed by atoms with E-state index in [1.165, 1.54) is 0 Å². The van der Waals surface area contributed by atoms with Gasteiger partial charge in [-0.15, -0.1) is 0 Å². The van der Waals surface area contributed by atoms with E-state index in [0.29, 0.717) is 5.41 Å². The molecule has 0 saturated carbocycles. The van der Waals surface area contributed by atoms with Gasteiger partial charge in [0.15, 0.2) is 0 Å². The molecule has 1 rings (SSSR count). The van der Waals surface area contributed by atoms with Crippen LogP contribution in [0.2, 0.25) is 0 Å². The zero-order valence-corrected chi connectivity index (χ0v) is 7.81. The summed E-state index contributed by atoms with van der Waals surface area (Å²) >= 11 is 0. The monoisotopic (exact) mass is 155 g/mol. The lowest BCUT2D eigenvalue weighted by Crippen LogP contribution is -2.27. The van der Waals surface area contributed by atoms with Crippen LogP contribution in [0.1, 0.15) is 27.2 Å². The molecular weight excluding hydrogens is 138 g/mol. The number of rotatable bonds is 1. The average molecular weight is 155 g/mol. The van der Waals surface area contributed by atoms with Crippen LogP contribution in [-0.2, 0) is 0 Å². The van der Waals surface area contributed by atoms with Crippen LogP contribution in [0.3, 0.4) is 0 Å². The zero-order valence-electron chi connectivity index (χ0n) is 7.81. The number of nitrogens with one attached hydrogen (secondary N) is 1. The molecule has 0 spiro atoms. The van der Waals surface area contributed by atoms with E-state index in [0.717, 1.165) is 18.9 Å². The second-order valence-electron chi connectivity index (χ2n) is 4.28. The molecule has 11 heavy (non-hydrogen) atoms. The molecule has 0 amide bonds. The van der Waals surface area contributed by atoms with E-state index in [2.05, 4.69) is 43.2 Å². The van der Waals surface area contributed by atoms with E-state index in [1.54, 1.807) is 0 Å². The number of hydrogen-bond acceptors (Lipinski definition) is 3. The number of hydrogen-bond donors (Lipinski definition) is 1. The Morgan fingerprint density at radius 3 is 2.55 bits per heavy atom. The summed E-state index contributed by atoms with van der Waals surface area (Å²) in [5.74, 6) is 1.16. The first-order chi connectivity index (χ1) is 4.99. The molecule has 0 fully saturated rings. The molecule has 0 saturated heterocycles. The highest BCUT2D eigenvalue weighted by Gasteiger charge is 2.19. The molecule has 0 aliphatic carbocycles. The Bertz CT molecular complexity index is 167. The lowest BCUT2D eigenvalue weighted by atomic mass is 9.91. The van der Waals surface area contributed by atoms with E-state index in [-0.39, 0.29) is 0 Å². The first kappa shape index (κ1) is 8.37. The van der Waals surface area contributed by atoms with Gasteiger partial charge in [-0.1, -0.05) is 20.8 Å². The molecule has 64 valence electrons. The number of amidine groups is 1. The number of hydrazone groups is 1. The Labute approximate surface area is 68.5 Å². The maximum Gasteiger partial charge on any atom is 0.126 e. The van der Waals surface area contributed by atoms with Crippen molar-refractivity contribution in [1.29, 1.82) is 0 Å². The minimum absolute atomic E-state index is 0.332. The highest BCUT2D eigenvalue weighted by atomic mass is 15.5. The SMILES string of the molecule is CN1CNN=C1CC(C)(C)C. The van der Waals surface area contributed by atoms with Crippen molar-refractivity contribution in [2.75, 3.05) is 13.7 Å². The minimum Gasteiger partial charge on any atom is -0.343 e. The van der Waals surface area contributed by atoms with Gasteiger partial charge < -0.3 is 4.90 Å².